The Balaban J connectivity index is 1.79. The standard InChI is InChI=1S/C20H23N3O4S/c21-23-22-17-19(26-13-15-9-5-2-6-10-15)18(16(11-24)27-20(17)28)25-12-14-7-3-1-4-8-14/h1-10,16-20,24,28H,11-13H2/t16-,17-,18-,19-,20-/m1/s1. The number of hydrogen-bond donors (Lipinski definition) is 2. The maximum absolute atomic E-state index is 9.80. The molecule has 0 radical (unpaired) electrons. The molecule has 0 aliphatic carbocycles. The van der Waals surface area contributed by atoms with E-state index in [0.29, 0.717) is 13.2 Å². The largest absolute Gasteiger partial charge is 0.394 e. The summed E-state index contributed by atoms with van der Waals surface area (Å²) in [5.74, 6) is 0. The first-order valence-corrected chi connectivity index (χ1v) is 9.54. The molecule has 1 aliphatic rings. The SMILES string of the molecule is [N-]=[N+]=N[C@@H]1[C@@H](OCc2ccccc2)[C@H](OCc2ccccc2)[C@@H](CO)O[C@@H]1S. The molecule has 0 aromatic heterocycles. The summed E-state index contributed by atoms with van der Waals surface area (Å²) >= 11 is 4.39. The topological polar surface area (TPSA) is 96.7 Å². The van der Waals surface area contributed by atoms with E-state index in [1.165, 1.54) is 0 Å². The van der Waals surface area contributed by atoms with Crippen molar-refractivity contribution < 1.29 is 19.3 Å². The lowest BCUT2D eigenvalue weighted by Gasteiger charge is -2.43. The van der Waals surface area contributed by atoms with Gasteiger partial charge in [0.15, 0.2) is 0 Å². The zero-order chi connectivity index (χ0) is 19.8. The molecule has 28 heavy (non-hydrogen) atoms. The Morgan fingerprint density at radius 2 is 1.50 bits per heavy atom. The van der Waals surface area contributed by atoms with Crippen LogP contribution < -0.4 is 0 Å². The van der Waals surface area contributed by atoms with Gasteiger partial charge in [-0.1, -0.05) is 65.8 Å². The minimum atomic E-state index is -0.703. The minimum absolute atomic E-state index is 0.259. The van der Waals surface area contributed by atoms with E-state index in [2.05, 4.69) is 22.7 Å². The van der Waals surface area contributed by atoms with E-state index in [-0.39, 0.29) is 6.61 Å². The minimum Gasteiger partial charge on any atom is -0.394 e. The Morgan fingerprint density at radius 3 is 2.00 bits per heavy atom. The van der Waals surface area contributed by atoms with Crippen molar-refractivity contribution in [2.24, 2.45) is 5.11 Å². The van der Waals surface area contributed by atoms with Gasteiger partial charge in [0, 0.05) is 4.91 Å². The summed E-state index contributed by atoms with van der Waals surface area (Å²) < 4.78 is 17.9. The summed E-state index contributed by atoms with van der Waals surface area (Å²) in [7, 11) is 0. The molecule has 0 saturated carbocycles. The van der Waals surface area contributed by atoms with Gasteiger partial charge in [0.25, 0.3) is 0 Å². The third-order valence-electron chi connectivity index (χ3n) is 4.57. The highest BCUT2D eigenvalue weighted by molar-refractivity contribution is 7.80. The highest BCUT2D eigenvalue weighted by atomic mass is 32.1. The van der Waals surface area contributed by atoms with Crippen LogP contribution >= 0.6 is 12.6 Å². The van der Waals surface area contributed by atoms with E-state index in [1.807, 2.05) is 60.7 Å². The van der Waals surface area contributed by atoms with Gasteiger partial charge in [-0.15, -0.1) is 12.6 Å². The van der Waals surface area contributed by atoms with Crippen LogP contribution in [0.4, 0.5) is 0 Å². The third kappa shape index (κ3) is 5.26. The van der Waals surface area contributed by atoms with Crippen molar-refractivity contribution in [1.29, 1.82) is 0 Å². The fraction of sp³-hybridized carbons (Fsp3) is 0.400. The van der Waals surface area contributed by atoms with Gasteiger partial charge in [-0.3, -0.25) is 0 Å². The molecule has 0 unspecified atom stereocenters. The van der Waals surface area contributed by atoms with E-state index in [4.69, 9.17) is 19.7 Å². The van der Waals surface area contributed by atoms with Gasteiger partial charge in [0.2, 0.25) is 0 Å². The maximum Gasteiger partial charge on any atom is 0.113 e. The molecular weight excluding hydrogens is 378 g/mol. The number of thiol groups is 1. The van der Waals surface area contributed by atoms with Crippen molar-refractivity contribution in [1.82, 2.24) is 0 Å². The summed E-state index contributed by atoms with van der Waals surface area (Å²) in [4.78, 5) is 2.92. The highest BCUT2D eigenvalue weighted by Crippen LogP contribution is 2.31. The lowest BCUT2D eigenvalue weighted by molar-refractivity contribution is -0.206. The third-order valence-corrected chi connectivity index (χ3v) is 5.00. The van der Waals surface area contributed by atoms with Crippen molar-refractivity contribution in [2.75, 3.05) is 6.61 Å². The Morgan fingerprint density at radius 1 is 0.964 bits per heavy atom. The molecule has 3 rings (SSSR count). The van der Waals surface area contributed by atoms with Gasteiger partial charge < -0.3 is 19.3 Å². The van der Waals surface area contributed by atoms with Crippen LogP contribution in [0, 0.1) is 0 Å². The smallest absolute Gasteiger partial charge is 0.113 e. The fourth-order valence-corrected chi connectivity index (χ4v) is 3.55. The molecule has 5 atom stereocenters. The molecule has 2 aromatic carbocycles. The second-order valence-corrected chi connectivity index (χ2v) is 6.97. The van der Waals surface area contributed by atoms with Crippen LogP contribution in [0.2, 0.25) is 0 Å². The number of nitrogens with zero attached hydrogens (tertiary/aromatic N) is 3. The molecule has 148 valence electrons. The molecular formula is C20H23N3O4S. The Hall–Kier alpha value is -2.06. The van der Waals surface area contributed by atoms with E-state index in [1.54, 1.807) is 0 Å². The van der Waals surface area contributed by atoms with Crippen LogP contribution in [-0.4, -0.2) is 41.5 Å². The number of azide groups is 1. The summed E-state index contributed by atoms with van der Waals surface area (Å²) in [6.45, 7) is 0.369. The Kier molecular flexibility index (Phi) is 7.73. The van der Waals surface area contributed by atoms with Crippen molar-refractivity contribution in [3.05, 3.63) is 82.2 Å². The average Bonchev–Trinajstić information content (AvgIpc) is 2.74. The van der Waals surface area contributed by atoms with Crippen LogP contribution in [0.3, 0.4) is 0 Å². The van der Waals surface area contributed by atoms with Crippen molar-refractivity contribution >= 4 is 12.6 Å². The first kappa shape index (κ1) is 20.7. The summed E-state index contributed by atoms with van der Waals surface area (Å²) in [6.07, 6.45) is -1.88. The molecule has 1 saturated heterocycles. The van der Waals surface area contributed by atoms with Crippen LogP contribution in [0.25, 0.3) is 10.4 Å². The molecule has 1 fully saturated rings. The first-order valence-electron chi connectivity index (χ1n) is 9.02. The number of ether oxygens (including phenoxy) is 3. The number of aliphatic hydroxyl groups excluding tert-OH is 1. The quantitative estimate of drug-likeness (QED) is 0.306. The molecule has 1 aliphatic heterocycles. The average molecular weight is 401 g/mol. The second-order valence-electron chi connectivity index (χ2n) is 6.47. The molecule has 0 spiro atoms. The molecule has 7 nitrogen and oxygen atoms in total. The van der Waals surface area contributed by atoms with Crippen LogP contribution in [0.1, 0.15) is 11.1 Å². The van der Waals surface area contributed by atoms with E-state index in [9.17, 15) is 5.11 Å². The monoisotopic (exact) mass is 401 g/mol. The summed E-state index contributed by atoms with van der Waals surface area (Å²) in [6, 6.07) is 18.7. The molecule has 0 amide bonds. The molecule has 2 aromatic rings. The van der Waals surface area contributed by atoms with E-state index < -0.39 is 29.8 Å². The predicted molar refractivity (Wildman–Crippen MR) is 108 cm³/mol. The first-order chi connectivity index (χ1) is 13.7. The van der Waals surface area contributed by atoms with Gasteiger partial charge in [0.1, 0.15) is 23.7 Å². The lowest BCUT2D eigenvalue weighted by atomic mass is 9.98. The molecule has 0 bridgehead atoms. The summed E-state index contributed by atoms with van der Waals surface area (Å²) in [5.41, 5.74) is 10.2. The van der Waals surface area contributed by atoms with Gasteiger partial charge in [-0.25, -0.2) is 0 Å². The van der Waals surface area contributed by atoms with Gasteiger partial charge in [0.05, 0.1) is 25.9 Å². The Bertz CT molecular complexity index is 774. The second kappa shape index (κ2) is 10.5. The lowest BCUT2D eigenvalue weighted by Crippen LogP contribution is -2.58. The summed E-state index contributed by atoms with van der Waals surface area (Å²) in [5, 5.41) is 13.6. The van der Waals surface area contributed by atoms with Gasteiger partial charge in [-0.2, -0.15) is 0 Å². The maximum atomic E-state index is 9.80. The van der Waals surface area contributed by atoms with Gasteiger partial charge in [-0.05, 0) is 16.7 Å². The van der Waals surface area contributed by atoms with E-state index in [0.717, 1.165) is 11.1 Å². The van der Waals surface area contributed by atoms with Crippen LogP contribution in [-0.2, 0) is 27.4 Å². The molecule has 1 heterocycles. The zero-order valence-electron chi connectivity index (χ0n) is 15.2. The number of rotatable bonds is 8. The number of hydrogen-bond acceptors (Lipinski definition) is 6. The van der Waals surface area contributed by atoms with E-state index >= 15 is 0 Å². The zero-order valence-corrected chi connectivity index (χ0v) is 16.1. The molecule has 8 heteroatoms. The highest BCUT2D eigenvalue weighted by Gasteiger charge is 2.45. The number of aliphatic hydroxyl groups is 1. The fourth-order valence-electron chi connectivity index (χ4n) is 3.16. The van der Waals surface area contributed by atoms with Crippen LogP contribution in [0.5, 0.6) is 0 Å². The van der Waals surface area contributed by atoms with Gasteiger partial charge >= 0.3 is 0 Å². The van der Waals surface area contributed by atoms with Crippen molar-refractivity contribution in [3.63, 3.8) is 0 Å². The van der Waals surface area contributed by atoms with Crippen LogP contribution in [0.15, 0.2) is 65.8 Å². The predicted octanol–water partition coefficient (Wildman–Crippen LogP) is 3.48. The normalized spacial score (nSPS) is 27.1. The molecule has 1 N–H and O–H groups in total. The Labute approximate surface area is 169 Å². The van der Waals surface area contributed by atoms with Crippen molar-refractivity contribution in [2.45, 2.75) is 43.0 Å². The number of benzene rings is 2. The van der Waals surface area contributed by atoms with Crippen molar-refractivity contribution in [3.8, 4) is 0 Å².